The van der Waals surface area contributed by atoms with E-state index in [1.807, 2.05) is 0 Å². The molecule has 0 saturated carbocycles. The standard InChI is InChI=1S/C56H44N4/c1-7-19-41(20-8-1)47-31-48(42-21-9-2-10-22-42)35-53(34-47)56-57-59(54-36-49(43-23-11-3-12-24-43)32-50(37-54)44-25-13-4-14-26-44)40-60(58-56)55-38-51(45-27-15-5-16-28-45)33-52(39-55)46-29-17-6-18-30-46/h1-39,56-58H,40H2. The van der Waals surface area contributed by atoms with Gasteiger partial charge in [0.1, 0.15) is 12.8 Å². The van der Waals surface area contributed by atoms with Crippen molar-refractivity contribution < 1.29 is 0 Å². The molecule has 0 aromatic heterocycles. The second-order valence-electron chi connectivity index (χ2n) is 15.3. The third-order valence-electron chi connectivity index (χ3n) is 11.2. The molecule has 0 aliphatic carbocycles. The molecule has 1 fully saturated rings. The molecule has 9 aromatic carbocycles. The van der Waals surface area contributed by atoms with E-state index in [0.29, 0.717) is 6.67 Å². The van der Waals surface area contributed by atoms with Crippen LogP contribution in [0.2, 0.25) is 0 Å². The van der Waals surface area contributed by atoms with Gasteiger partial charge >= 0.3 is 0 Å². The van der Waals surface area contributed by atoms with E-state index in [-0.39, 0.29) is 6.17 Å². The Morgan fingerprint density at radius 1 is 0.267 bits per heavy atom. The number of nitrogens with zero attached hydrogens (tertiary/aromatic N) is 2. The fraction of sp³-hybridized carbons (Fsp3) is 0.0357. The quantitative estimate of drug-likeness (QED) is 0.153. The monoisotopic (exact) mass is 772 g/mol. The highest BCUT2D eigenvalue weighted by Crippen LogP contribution is 2.37. The summed E-state index contributed by atoms with van der Waals surface area (Å²) in [4.78, 5) is 0. The molecule has 2 N–H and O–H groups in total. The predicted molar refractivity (Wildman–Crippen MR) is 251 cm³/mol. The fourth-order valence-corrected chi connectivity index (χ4v) is 8.16. The van der Waals surface area contributed by atoms with Gasteiger partial charge in [0.15, 0.2) is 0 Å². The maximum Gasteiger partial charge on any atom is 0.120 e. The van der Waals surface area contributed by atoms with Crippen LogP contribution in [0.15, 0.2) is 237 Å². The largest absolute Gasteiger partial charge is 0.286 e. The summed E-state index contributed by atoms with van der Waals surface area (Å²) in [5.41, 5.74) is 25.2. The first kappa shape index (κ1) is 36.8. The van der Waals surface area contributed by atoms with Gasteiger partial charge in [-0.2, -0.15) is 0 Å². The zero-order valence-corrected chi connectivity index (χ0v) is 33.2. The predicted octanol–water partition coefficient (Wildman–Crippen LogP) is 13.7. The van der Waals surface area contributed by atoms with Crippen LogP contribution in [0.4, 0.5) is 11.4 Å². The number of hydrogen-bond donors (Lipinski definition) is 2. The maximum absolute atomic E-state index is 3.97. The van der Waals surface area contributed by atoms with Crippen molar-refractivity contribution in [3.05, 3.63) is 242 Å². The van der Waals surface area contributed by atoms with Crippen LogP contribution in [-0.2, 0) is 0 Å². The van der Waals surface area contributed by atoms with Crippen molar-refractivity contribution in [1.82, 2.24) is 10.9 Å². The Labute approximate surface area is 352 Å². The van der Waals surface area contributed by atoms with Crippen molar-refractivity contribution in [1.29, 1.82) is 0 Å². The third kappa shape index (κ3) is 7.98. The number of hydrogen-bond acceptors (Lipinski definition) is 4. The highest BCUT2D eigenvalue weighted by atomic mass is 15.7. The maximum atomic E-state index is 3.97. The molecule has 1 heterocycles. The van der Waals surface area contributed by atoms with E-state index < -0.39 is 0 Å². The van der Waals surface area contributed by atoms with Gasteiger partial charge in [-0.25, -0.2) is 10.9 Å². The van der Waals surface area contributed by atoms with E-state index in [9.17, 15) is 0 Å². The van der Waals surface area contributed by atoms with E-state index in [1.165, 1.54) is 33.4 Å². The van der Waals surface area contributed by atoms with E-state index in [4.69, 9.17) is 0 Å². The van der Waals surface area contributed by atoms with Gasteiger partial charge in [-0.3, -0.25) is 10.0 Å². The van der Waals surface area contributed by atoms with Gasteiger partial charge in [-0.05, 0) is 127 Å². The van der Waals surface area contributed by atoms with Crippen molar-refractivity contribution in [3.8, 4) is 66.8 Å². The molecule has 1 saturated heterocycles. The van der Waals surface area contributed by atoms with Crippen molar-refractivity contribution in [2.75, 3.05) is 16.7 Å². The Bertz CT molecular complexity index is 2340. The highest BCUT2D eigenvalue weighted by Gasteiger charge is 2.28. The van der Waals surface area contributed by atoms with Crippen LogP contribution in [0, 0.1) is 0 Å². The third-order valence-corrected chi connectivity index (χ3v) is 11.2. The van der Waals surface area contributed by atoms with Crippen LogP contribution in [0.1, 0.15) is 11.7 Å². The first-order valence-electron chi connectivity index (χ1n) is 20.6. The Morgan fingerprint density at radius 3 is 0.750 bits per heavy atom. The molecule has 0 atom stereocenters. The lowest BCUT2D eigenvalue weighted by Crippen LogP contribution is -2.62. The summed E-state index contributed by atoms with van der Waals surface area (Å²) in [7, 11) is 0. The zero-order chi connectivity index (χ0) is 40.1. The van der Waals surface area contributed by atoms with Crippen LogP contribution in [0.3, 0.4) is 0 Å². The summed E-state index contributed by atoms with van der Waals surface area (Å²) < 4.78 is 0. The van der Waals surface area contributed by atoms with Gasteiger partial charge in [0.05, 0.1) is 11.4 Å². The number of nitrogens with one attached hydrogen (secondary N) is 2. The Kier molecular flexibility index (Phi) is 10.3. The second-order valence-corrected chi connectivity index (χ2v) is 15.3. The molecule has 0 bridgehead atoms. The van der Waals surface area contributed by atoms with E-state index in [2.05, 4.69) is 257 Å². The average Bonchev–Trinajstić information content (AvgIpc) is 3.35. The summed E-state index contributed by atoms with van der Waals surface area (Å²) in [5.74, 6) is 0. The molecular weight excluding hydrogens is 729 g/mol. The molecule has 0 unspecified atom stereocenters. The Balaban J connectivity index is 1.15. The molecular formula is C56H44N4. The summed E-state index contributed by atoms with van der Waals surface area (Å²) in [6.07, 6.45) is -0.300. The Morgan fingerprint density at radius 2 is 0.500 bits per heavy atom. The van der Waals surface area contributed by atoms with Crippen LogP contribution >= 0.6 is 0 Å². The van der Waals surface area contributed by atoms with Crippen molar-refractivity contribution in [3.63, 3.8) is 0 Å². The molecule has 60 heavy (non-hydrogen) atoms. The zero-order valence-electron chi connectivity index (χ0n) is 33.2. The lowest BCUT2D eigenvalue weighted by molar-refractivity contribution is 0.349. The summed E-state index contributed by atoms with van der Waals surface area (Å²) in [6.45, 7) is 0.527. The second kappa shape index (κ2) is 16.8. The minimum atomic E-state index is -0.300. The van der Waals surface area contributed by atoms with Gasteiger partial charge in [0, 0.05) is 0 Å². The van der Waals surface area contributed by atoms with Gasteiger partial charge in [0.2, 0.25) is 0 Å². The van der Waals surface area contributed by atoms with Gasteiger partial charge < -0.3 is 0 Å². The molecule has 1 aliphatic heterocycles. The summed E-state index contributed by atoms with van der Waals surface area (Å²) in [5, 5.41) is 4.60. The molecule has 0 spiro atoms. The molecule has 0 radical (unpaired) electrons. The molecule has 288 valence electrons. The first-order chi connectivity index (χ1) is 29.7. The van der Waals surface area contributed by atoms with Crippen molar-refractivity contribution in [2.24, 2.45) is 0 Å². The van der Waals surface area contributed by atoms with E-state index >= 15 is 0 Å². The normalized spacial score (nSPS) is 13.0. The smallest absolute Gasteiger partial charge is 0.120 e. The van der Waals surface area contributed by atoms with Crippen LogP contribution in [0.5, 0.6) is 0 Å². The molecule has 0 amide bonds. The first-order valence-corrected chi connectivity index (χ1v) is 20.6. The van der Waals surface area contributed by atoms with Crippen LogP contribution in [-0.4, -0.2) is 6.67 Å². The number of benzene rings is 9. The van der Waals surface area contributed by atoms with Gasteiger partial charge in [0.25, 0.3) is 0 Å². The van der Waals surface area contributed by atoms with Crippen molar-refractivity contribution in [2.45, 2.75) is 6.17 Å². The Hall–Kier alpha value is -7.50. The lowest BCUT2D eigenvalue weighted by Gasteiger charge is -2.44. The molecule has 4 nitrogen and oxygen atoms in total. The SMILES string of the molecule is c1ccc(-c2cc(-c3ccccc3)cc(C3NN(c4cc(-c5ccccc5)cc(-c5ccccc5)c4)CN(c4cc(-c5ccccc5)cc(-c5ccccc5)c4)N3)c2)cc1. The van der Waals surface area contributed by atoms with Crippen LogP contribution in [0.25, 0.3) is 66.8 Å². The number of hydrazine groups is 2. The molecule has 10 rings (SSSR count). The highest BCUT2D eigenvalue weighted by molar-refractivity contribution is 5.81. The molecule has 1 aliphatic rings. The van der Waals surface area contributed by atoms with E-state index in [1.54, 1.807) is 0 Å². The lowest BCUT2D eigenvalue weighted by atomic mass is 9.95. The molecule has 9 aromatic rings. The van der Waals surface area contributed by atoms with Crippen LogP contribution < -0.4 is 20.9 Å². The molecule has 4 heteroatoms. The number of rotatable bonds is 9. The average molecular weight is 773 g/mol. The van der Waals surface area contributed by atoms with Crippen molar-refractivity contribution >= 4 is 11.4 Å². The summed E-state index contributed by atoms with van der Waals surface area (Å²) >= 11 is 0. The minimum absolute atomic E-state index is 0.300. The van der Waals surface area contributed by atoms with E-state index in [0.717, 1.165) is 50.3 Å². The number of anilines is 2. The van der Waals surface area contributed by atoms with Gasteiger partial charge in [-0.1, -0.05) is 182 Å². The topological polar surface area (TPSA) is 30.5 Å². The summed E-state index contributed by atoms with van der Waals surface area (Å²) in [6, 6.07) is 84.8. The minimum Gasteiger partial charge on any atom is -0.286 e. The van der Waals surface area contributed by atoms with Gasteiger partial charge in [-0.15, -0.1) is 0 Å². The fourth-order valence-electron chi connectivity index (χ4n) is 8.16.